The van der Waals surface area contributed by atoms with Crippen LogP contribution in [0.4, 0.5) is 5.69 Å². The lowest BCUT2D eigenvalue weighted by molar-refractivity contribution is -0.117. The van der Waals surface area contributed by atoms with Crippen LogP contribution in [0.15, 0.2) is 60.0 Å². The monoisotopic (exact) mass is 378 g/mol. The van der Waals surface area contributed by atoms with E-state index in [2.05, 4.69) is 4.98 Å². The summed E-state index contributed by atoms with van der Waals surface area (Å²) in [5, 5.41) is 2.79. The van der Waals surface area contributed by atoms with Crippen molar-refractivity contribution in [1.29, 1.82) is 0 Å². The molecule has 5 nitrogen and oxygen atoms in total. The van der Waals surface area contributed by atoms with E-state index in [-0.39, 0.29) is 12.5 Å². The summed E-state index contributed by atoms with van der Waals surface area (Å²) >= 11 is 1.52. The minimum Gasteiger partial charge on any atom is -0.455 e. The number of aromatic nitrogens is 1. The number of hydrogen-bond donors (Lipinski definition) is 0. The molecule has 1 aliphatic rings. The number of nitrogens with zero attached hydrogens (tertiary/aromatic N) is 2. The molecule has 1 saturated heterocycles. The number of carbonyl (C=O) groups is 2. The number of anilines is 1. The molecule has 6 heteroatoms. The zero-order chi connectivity index (χ0) is 18.6. The molecule has 0 aliphatic carbocycles. The van der Waals surface area contributed by atoms with Crippen LogP contribution in [-0.4, -0.2) is 23.4 Å². The predicted octanol–water partition coefficient (Wildman–Crippen LogP) is 4.29. The van der Waals surface area contributed by atoms with Gasteiger partial charge in [0.05, 0.1) is 16.9 Å². The summed E-state index contributed by atoms with van der Waals surface area (Å²) in [7, 11) is 0. The van der Waals surface area contributed by atoms with Gasteiger partial charge in [0.15, 0.2) is 0 Å². The lowest BCUT2D eigenvalue weighted by Gasteiger charge is -2.18. The molecule has 0 atom stereocenters. The number of esters is 1. The van der Waals surface area contributed by atoms with Crippen LogP contribution >= 0.6 is 11.3 Å². The van der Waals surface area contributed by atoms with E-state index in [9.17, 15) is 9.59 Å². The van der Waals surface area contributed by atoms with Crippen molar-refractivity contribution in [2.24, 2.45) is 0 Å². The van der Waals surface area contributed by atoms with Gasteiger partial charge >= 0.3 is 5.97 Å². The van der Waals surface area contributed by atoms with Crippen molar-refractivity contribution in [3.63, 3.8) is 0 Å². The molecule has 2 aromatic carbocycles. The number of para-hydroxylation sites is 1. The quantitative estimate of drug-likeness (QED) is 0.621. The van der Waals surface area contributed by atoms with Crippen LogP contribution in [0.5, 0.6) is 0 Å². The highest BCUT2D eigenvalue weighted by molar-refractivity contribution is 7.13. The minimum atomic E-state index is -0.445. The van der Waals surface area contributed by atoms with Gasteiger partial charge in [-0.25, -0.2) is 9.78 Å². The second kappa shape index (κ2) is 7.72. The van der Waals surface area contributed by atoms with Crippen LogP contribution in [0.25, 0.3) is 10.6 Å². The van der Waals surface area contributed by atoms with Crippen molar-refractivity contribution in [3.05, 3.63) is 71.2 Å². The first-order valence-corrected chi connectivity index (χ1v) is 9.66. The Bertz CT molecular complexity index is 968. The van der Waals surface area contributed by atoms with Gasteiger partial charge in [0.25, 0.3) is 0 Å². The Balaban J connectivity index is 1.46. The summed E-state index contributed by atoms with van der Waals surface area (Å²) in [6, 6.07) is 17.0. The summed E-state index contributed by atoms with van der Waals surface area (Å²) in [4.78, 5) is 30.8. The summed E-state index contributed by atoms with van der Waals surface area (Å²) in [6.45, 7) is 0.736. The first kappa shape index (κ1) is 17.4. The Morgan fingerprint density at radius 2 is 1.89 bits per heavy atom. The average Bonchev–Trinajstić information content (AvgIpc) is 3.36. The van der Waals surface area contributed by atoms with Crippen molar-refractivity contribution >= 4 is 28.9 Å². The molecule has 2 heterocycles. The van der Waals surface area contributed by atoms with Crippen LogP contribution in [0, 0.1) is 0 Å². The number of rotatable bonds is 5. The van der Waals surface area contributed by atoms with Gasteiger partial charge in [0.2, 0.25) is 5.91 Å². The fourth-order valence-electron chi connectivity index (χ4n) is 3.09. The fourth-order valence-corrected chi connectivity index (χ4v) is 3.90. The van der Waals surface area contributed by atoms with Crippen LogP contribution < -0.4 is 4.90 Å². The summed E-state index contributed by atoms with van der Waals surface area (Å²) in [6.07, 6.45) is 1.33. The molecular formula is C21H18N2O3S. The maximum absolute atomic E-state index is 12.6. The normalized spacial score (nSPS) is 13.8. The van der Waals surface area contributed by atoms with E-state index in [0.29, 0.717) is 29.9 Å². The van der Waals surface area contributed by atoms with Crippen LogP contribution in [0.2, 0.25) is 0 Å². The zero-order valence-electron chi connectivity index (χ0n) is 14.6. The van der Waals surface area contributed by atoms with Crippen molar-refractivity contribution in [2.45, 2.75) is 19.4 Å². The second-order valence-corrected chi connectivity index (χ2v) is 7.11. The molecule has 0 radical (unpaired) electrons. The summed E-state index contributed by atoms with van der Waals surface area (Å²) < 4.78 is 5.47. The third-order valence-electron chi connectivity index (χ3n) is 4.41. The standard InChI is InChI=1S/C21H18N2O3S/c24-19-11-6-12-23(19)18-10-5-4-9-17(18)21(25)26-13-16-14-27-20(22-16)15-7-2-1-3-8-15/h1-5,7-10,14H,6,11-13H2. The second-order valence-electron chi connectivity index (χ2n) is 6.25. The Hall–Kier alpha value is -2.99. The molecular weight excluding hydrogens is 360 g/mol. The van der Waals surface area contributed by atoms with Crippen LogP contribution in [-0.2, 0) is 16.1 Å². The van der Waals surface area contributed by atoms with Gasteiger partial charge in [-0.1, -0.05) is 42.5 Å². The van der Waals surface area contributed by atoms with E-state index in [1.807, 2.05) is 41.8 Å². The van der Waals surface area contributed by atoms with Crippen molar-refractivity contribution in [3.8, 4) is 10.6 Å². The minimum absolute atomic E-state index is 0.0438. The van der Waals surface area contributed by atoms with Crippen molar-refractivity contribution in [2.75, 3.05) is 11.4 Å². The third-order valence-corrected chi connectivity index (χ3v) is 5.35. The smallest absolute Gasteiger partial charge is 0.340 e. The Morgan fingerprint density at radius 3 is 2.67 bits per heavy atom. The SMILES string of the molecule is O=C(OCc1csc(-c2ccccc2)n1)c1ccccc1N1CCCC1=O. The van der Waals surface area contributed by atoms with E-state index < -0.39 is 5.97 Å². The zero-order valence-corrected chi connectivity index (χ0v) is 15.4. The van der Waals surface area contributed by atoms with Gasteiger partial charge in [-0.15, -0.1) is 11.3 Å². The van der Waals surface area contributed by atoms with E-state index in [1.54, 1.807) is 23.1 Å². The number of hydrogen-bond acceptors (Lipinski definition) is 5. The molecule has 0 N–H and O–H groups in total. The number of benzene rings is 2. The lowest BCUT2D eigenvalue weighted by atomic mass is 10.1. The highest BCUT2D eigenvalue weighted by Gasteiger charge is 2.26. The Kier molecular flexibility index (Phi) is 4.98. The largest absolute Gasteiger partial charge is 0.455 e. The Labute approximate surface area is 161 Å². The van der Waals surface area contributed by atoms with E-state index in [4.69, 9.17) is 4.74 Å². The number of amides is 1. The van der Waals surface area contributed by atoms with E-state index in [1.165, 1.54) is 11.3 Å². The molecule has 0 unspecified atom stereocenters. The molecule has 27 heavy (non-hydrogen) atoms. The van der Waals surface area contributed by atoms with Gasteiger partial charge in [-0.2, -0.15) is 0 Å². The maximum atomic E-state index is 12.6. The maximum Gasteiger partial charge on any atom is 0.340 e. The topological polar surface area (TPSA) is 59.5 Å². The predicted molar refractivity (Wildman–Crippen MR) is 105 cm³/mol. The summed E-state index contributed by atoms with van der Waals surface area (Å²) in [5.74, 6) is -0.401. The van der Waals surface area contributed by atoms with Gasteiger partial charge in [0.1, 0.15) is 11.6 Å². The van der Waals surface area contributed by atoms with Crippen LogP contribution in [0.1, 0.15) is 28.9 Å². The molecule has 0 bridgehead atoms. The fraction of sp³-hybridized carbons (Fsp3) is 0.190. The van der Waals surface area contributed by atoms with Gasteiger partial charge in [-0.3, -0.25) is 4.79 Å². The first-order chi connectivity index (χ1) is 13.2. The molecule has 0 spiro atoms. The van der Waals surface area contributed by atoms with Crippen molar-refractivity contribution in [1.82, 2.24) is 4.98 Å². The molecule has 1 aromatic heterocycles. The van der Waals surface area contributed by atoms with Crippen LogP contribution in [0.3, 0.4) is 0 Å². The number of thiazole rings is 1. The molecule has 1 fully saturated rings. The van der Waals surface area contributed by atoms with E-state index >= 15 is 0 Å². The molecule has 1 amide bonds. The Morgan fingerprint density at radius 1 is 1.11 bits per heavy atom. The van der Waals surface area contributed by atoms with Gasteiger partial charge in [0, 0.05) is 23.9 Å². The highest BCUT2D eigenvalue weighted by atomic mass is 32.1. The lowest BCUT2D eigenvalue weighted by Crippen LogP contribution is -2.26. The molecule has 0 saturated carbocycles. The summed E-state index contributed by atoms with van der Waals surface area (Å²) in [5.41, 5.74) is 2.78. The highest BCUT2D eigenvalue weighted by Crippen LogP contribution is 2.27. The van der Waals surface area contributed by atoms with Gasteiger partial charge in [-0.05, 0) is 18.6 Å². The third kappa shape index (κ3) is 3.75. The number of carbonyl (C=O) groups excluding carboxylic acids is 2. The van der Waals surface area contributed by atoms with Crippen molar-refractivity contribution < 1.29 is 14.3 Å². The average molecular weight is 378 g/mol. The van der Waals surface area contributed by atoms with E-state index in [0.717, 1.165) is 17.0 Å². The number of ether oxygens (including phenoxy) is 1. The first-order valence-electron chi connectivity index (χ1n) is 8.79. The van der Waals surface area contributed by atoms with Gasteiger partial charge < -0.3 is 9.64 Å². The molecule has 1 aliphatic heterocycles. The molecule has 3 aromatic rings. The molecule has 136 valence electrons. The molecule has 4 rings (SSSR count).